The summed E-state index contributed by atoms with van der Waals surface area (Å²) in [6, 6.07) is 5.96. The summed E-state index contributed by atoms with van der Waals surface area (Å²) in [6.45, 7) is 0. The van der Waals surface area contributed by atoms with Gasteiger partial charge in [-0.25, -0.2) is 0 Å². The van der Waals surface area contributed by atoms with Crippen molar-refractivity contribution in [1.29, 1.82) is 0 Å². The van der Waals surface area contributed by atoms with Gasteiger partial charge in [0.05, 0.1) is 13.0 Å². The van der Waals surface area contributed by atoms with Gasteiger partial charge in [-0.1, -0.05) is 12.5 Å². The van der Waals surface area contributed by atoms with E-state index in [4.69, 9.17) is 9.47 Å². The Balaban J connectivity index is 1.81. The molecule has 0 amide bonds. The van der Waals surface area contributed by atoms with Gasteiger partial charge in [-0.15, -0.1) is 0 Å². The highest BCUT2D eigenvalue weighted by atomic mass is 16.6. The molecule has 2 fully saturated rings. The molecule has 0 aliphatic heterocycles. The molecule has 0 atom stereocenters. The number of hydrogen-bond acceptors (Lipinski definition) is 3. The second-order valence-electron chi connectivity index (χ2n) is 5.23. The van der Waals surface area contributed by atoms with Crippen LogP contribution in [0, 0.1) is 5.92 Å². The number of carbonyl (C=O) groups excluding carboxylic acids is 1. The van der Waals surface area contributed by atoms with Crippen LogP contribution in [0.5, 0.6) is 11.5 Å². The first-order valence-electron chi connectivity index (χ1n) is 6.67. The average Bonchev–Trinajstić information content (AvgIpc) is 3.11. The lowest BCUT2D eigenvalue weighted by molar-refractivity contribution is -0.135. The van der Waals surface area contributed by atoms with Crippen molar-refractivity contribution in [3.8, 4) is 11.5 Å². The second-order valence-corrected chi connectivity index (χ2v) is 5.23. The molecule has 2 saturated carbocycles. The van der Waals surface area contributed by atoms with E-state index in [0.717, 1.165) is 12.8 Å². The van der Waals surface area contributed by atoms with Crippen molar-refractivity contribution < 1.29 is 14.3 Å². The predicted octanol–water partition coefficient (Wildman–Crippen LogP) is 3.28. The van der Waals surface area contributed by atoms with E-state index < -0.39 is 0 Å². The van der Waals surface area contributed by atoms with Crippen LogP contribution in [0.15, 0.2) is 18.2 Å². The van der Waals surface area contributed by atoms with E-state index in [-0.39, 0.29) is 11.9 Å². The fourth-order valence-electron chi connectivity index (χ4n) is 2.28. The Morgan fingerprint density at radius 2 is 1.94 bits per heavy atom. The van der Waals surface area contributed by atoms with Gasteiger partial charge in [0.1, 0.15) is 0 Å². The fraction of sp³-hybridized carbons (Fsp3) is 0.533. The van der Waals surface area contributed by atoms with Crippen LogP contribution in [0.3, 0.4) is 0 Å². The minimum absolute atomic E-state index is 0.112. The first kappa shape index (κ1) is 11.6. The largest absolute Gasteiger partial charge is 0.493 e. The van der Waals surface area contributed by atoms with Crippen LogP contribution in [-0.4, -0.2) is 13.1 Å². The van der Waals surface area contributed by atoms with Gasteiger partial charge in [0.25, 0.3) is 0 Å². The molecule has 3 rings (SSSR count). The molecule has 0 bridgehead atoms. The summed E-state index contributed by atoms with van der Waals surface area (Å²) >= 11 is 0. The van der Waals surface area contributed by atoms with E-state index in [0.29, 0.717) is 17.4 Å². The molecule has 0 N–H and O–H groups in total. The fourth-order valence-corrected chi connectivity index (χ4v) is 2.28. The Morgan fingerprint density at radius 1 is 1.17 bits per heavy atom. The quantitative estimate of drug-likeness (QED) is 0.604. The van der Waals surface area contributed by atoms with Crippen LogP contribution < -0.4 is 9.47 Å². The van der Waals surface area contributed by atoms with Gasteiger partial charge in [-0.3, -0.25) is 4.79 Å². The van der Waals surface area contributed by atoms with Gasteiger partial charge < -0.3 is 9.47 Å². The summed E-state index contributed by atoms with van der Waals surface area (Å²) in [6.07, 6.45) is 5.70. The third-order valence-electron chi connectivity index (χ3n) is 3.89. The van der Waals surface area contributed by atoms with Crippen molar-refractivity contribution in [3.63, 3.8) is 0 Å². The molecule has 2 aliphatic carbocycles. The first-order chi connectivity index (χ1) is 8.78. The molecule has 0 heterocycles. The van der Waals surface area contributed by atoms with Crippen LogP contribution in [0.25, 0.3) is 0 Å². The number of ether oxygens (including phenoxy) is 2. The Hall–Kier alpha value is -1.51. The van der Waals surface area contributed by atoms with E-state index in [2.05, 4.69) is 6.07 Å². The zero-order chi connectivity index (χ0) is 12.5. The number of esters is 1. The monoisotopic (exact) mass is 246 g/mol. The van der Waals surface area contributed by atoms with Crippen molar-refractivity contribution in [2.24, 2.45) is 5.92 Å². The SMILES string of the molecule is COc1ccc(C2CCC2)cc1OC(=O)C1CC1. The number of hydrogen-bond donors (Lipinski definition) is 0. The van der Waals surface area contributed by atoms with Gasteiger partial charge in [0, 0.05) is 0 Å². The van der Waals surface area contributed by atoms with E-state index >= 15 is 0 Å². The molecule has 96 valence electrons. The Kier molecular flexibility index (Phi) is 2.98. The van der Waals surface area contributed by atoms with E-state index in [1.807, 2.05) is 12.1 Å². The molecule has 3 nitrogen and oxygen atoms in total. The molecule has 1 aromatic rings. The molecule has 0 saturated heterocycles. The van der Waals surface area contributed by atoms with Crippen LogP contribution in [0.1, 0.15) is 43.6 Å². The number of carbonyl (C=O) groups is 1. The highest BCUT2D eigenvalue weighted by Crippen LogP contribution is 2.40. The summed E-state index contributed by atoms with van der Waals surface area (Å²) in [5.41, 5.74) is 1.26. The van der Waals surface area contributed by atoms with Gasteiger partial charge in [-0.05, 0) is 49.3 Å². The topological polar surface area (TPSA) is 35.5 Å². The summed E-state index contributed by atoms with van der Waals surface area (Å²) in [5, 5.41) is 0. The second kappa shape index (κ2) is 4.63. The zero-order valence-electron chi connectivity index (χ0n) is 10.6. The molecular weight excluding hydrogens is 228 g/mol. The average molecular weight is 246 g/mol. The Labute approximate surface area is 107 Å². The van der Waals surface area contributed by atoms with Gasteiger partial charge in [0.2, 0.25) is 0 Å². The maximum Gasteiger partial charge on any atom is 0.314 e. The minimum Gasteiger partial charge on any atom is -0.493 e. The van der Waals surface area contributed by atoms with Gasteiger partial charge >= 0.3 is 5.97 Å². The molecule has 18 heavy (non-hydrogen) atoms. The highest BCUT2D eigenvalue weighted by Gasteiger charge is 2.32. The van der Waals surface area contributed by atoms with Crippen molar-refractivity contribution >= 4 is 5.97 Å². The molecule has 0 aromatic heterocycles. The van der Waals surface area contributed by atoms with Crippen LogP contribution in [0.4, 0.5) is 0 Å². The lowest BCUT2D eigenvalue weighted by Crippen LogP contribution is -2.12. The standard InChI is InChI=1S/C15H18O3/c1-17-13-8-7-12(10-3-2-4-10)9-14(13)18-15(16)11-5-6-11/h7-11H,2-6H2,1H3. The maximum absolute atomic E-state index is 11.7. The molecule has 0 unspecified atom stereocenters. The molecular formula is C15H18O3. The number of methoxy groups -OCH3 is 1. The van der Waals surface area contributed by atoms with E-state index in [9.17, 15) is 4.79 Å². The van der Waals surface area contributed by atoms with Crippen molar-refractivity contribution in [1.82, 2.24) is 0 Å². The smallest absolute Gasteiger partial charge is 0.314 e. The van der Waals surface area contributed by atoms with Gasteiger partial charge in [0.15, 0.2) is 11.5 Å². The van der Waals surface area contributed by atoms with Gasteiger partial charge in [-0.2, -0.15) is 0 Å². The highest BCUT2D eigenvalue weighted by molar-refractivity contribution is 5.78. The first-order valence-corrected chi connectivity index (χ1v) is 6.67. The Morgan fingerprint density at radius 3 is 2.50 bits per heavy atom. The lowest BCUT2D eigenvalue weighted by Gasteiger charge is -2.26. The third-order valence-corrected chi connectivity index (χ3v) is 3.89. The van der Waals surface area contributed by atoms with Crippen molar-refractivity contribution in [3.05, 3.63) is 23.8 Å². The summed E-state index contributed by atoms with van der Waals surface area (Å²) in [5.74, 6) is 1.86. The van der Waals surface area contributed by atoms with E-state index in [1.165, 1.54) is 24.8 Å². The van der Waals surface area contributed by atoms with Crippen molar-refractivity contribution in [2.75, 3.05) is 7.11 Å². The molecule has 2 aliphatic rings. The maximum atomic E-state index is 11.7. The minimum atomic E-state index is -0.112. The zero-order valence-corrected chi connectivity index (χ0v) is 10.6. The predicted molar refractivity (Wildman–Crippen MR) is 67.9 cm³/mol. The molecule has 0 radical (unpaired) electrons. The van der Waals surface area contributed by atoms with E-state index in [1.54, 1.807) is 7.11 Å². The molecule has 1 aromatic carbocycles. The van der Waals surface area contributed by atoms with Crippen molar-refractivity contribution in [2.45, 2.75) is 38.0 Å². The number of benzene rings is 1. The van der Waals surface area contributed by atoms with Crippen LogP contribution >= 0.6 is 0 Å². The normalized spacial score (nSPS) is 19.2. The summed E-state index contributed by atoms with van der Waals surface area (Å²) in [4.78, 5) is 11.7. The summed E-state index contributed by atoms with van der Waals surface area (Å²) < 4.78 is 10.7. The molecule has 3 heteroatoms. The lowest BCUT2D eigenvalue weighted by atomic mass is 9.80. The van der Waals surface area contributed by atoms with Crippen LogP contribution in [0.2, 0.25) is 0 Å². The number of rotatable bonds is 4. The Bertz CT molecular complexity index is 459. The summed E-state index contributed by atoms with van der Waals surface area (Å²) in [7, 11) is 1.60. The van der Waals surface area contributed by atoms with Crippen LogP contribution in [-0.2, 0) is 4.79 Å². The third kappa shape index (κ3) is 2.22. The molecule has 0 spiro atoms.